The van der Waals surface area contributed by atoms with Crippen LogP contribution < -0.4 is 5.56 Å². The Hall–Kier alpha value is -1.24. The van der Waals surface area contributed by atoms with E-state index in [4.69, 9.17) is 0 Å². The summed E-state index contributed by atoms with van der Waals surface area (Å²) >= 11 is 0. The van der Waals surface area contributed by atoms with E-state index in [1.165, 1.54) is 38.8 Å². The first-order chi connectivity index (χ1) is 11.7. The van der Waals surface area contributed by atoms with Crippen LogP contribution in [-0.4, -0.2) is 83.4 Å². The highest BCUT2D eigenvalue weighted by molar-refractivity contribution is 4.85. The Morgan fingerprint density at radius 1 is 1.04 bits per heavy atom. The lowest BCUT2D eigenvalue weighted by Gasteiger charge is -2.37. The highest BCUT2D eigenvalue weighted by Gasteiger charge is 2.21. The molecule has 2 saturated heterocycles. The van der Waals surface area contributed by atoms with Gasteiger partial charge in [-0.05, 0) is 45.5 Å². The lowest BCUT2D eigenvalue weighted by atomic mass is 10.00. The van der Waals surface area contributed by atoms with E-state index >= 15 is 0 Å². The molecular weight excluding hydrogens is 302 g/mol. The van der Waals surface area contributed by atoms with Crippen molar-refractivity contribution in [3.8, 4) is 0 Å². The number of piperazine rings is 1. The minimum absolute atomic E-state index is 0.00672. The molecule has 0 N–H and O–H groups in total. The van der Waals surface area contributed by atoms with Gasteiger partial charge in [-0.3, -0.25) is 9.69 Å². The van der Waals surface area contributed by atoms with Crippen LogP contribution in [-0.2, 0) is 6.54 Å². The first kappa shape index (κ1) is 17.6. The molecule has 6 nitrogen and oxygen atoms in total. The molecule has 2 aliphatic heterocycles. The molecule has 0 saturated carbocycles. The second kappa shape index (κ2) is 8.74. The Morgan fingerprint density at radius 3 is 2.50 bits per heavy atom. The van der Waals surface area contributed by atoms with Crippen LogP contribution in [0.25, 0.3) is 0 Å². The van der Waals surface area contributed by atoms with Crippen molar-refractivity contribution in [3.63, 3.8) is 0 Å². The second-order valence-electron chi connectivity index (χ2n) is 7.19. The highest BCUT2D eigenvalue weighted by atomic mass is 16.1. The van der Waals surface area contributed by atoms with Crippen molar-refractivity contribution in [2.24, 2.45) is 0 Å². The third-order valence-corrected chi connectivity index (χ3v) is 5.58. The van der Waals surface area contributed by atoms with Gasteiger partial charge in [-0.1, -0.05) is 6.42 Å². The van der Waals surface area contributed by atoms with E-state index in [0.717, 1.165) is 38.8 Å². The van der Waals surface area contributed by atoms with Gasteiger partial charge in [0.15, 0.2) is 0 Å². The van der Waals surface area contributed by atoms with Gasteiger partial charge in [0, 0.05) is 51.0 Å². The van der Waals surface area contributed by atoms with Crippen molar-refractivity contribution in [1.29, 1.82) is 0 Å². The molecule has 1 aromatic rings. The molecule has 0 aliphatic carbocycles. The van der Waals surface area contributed by atoms with Gasteiger partial charge in [-0.25, -0.2) is 4.68 Å². The molecule has 0 spiro atoms. The van der Waals surface area contributed by atoms with E-state index in [2.05, 4.69) is 26.8 Å². The van der Waals surface area contributed by atoms with Crippen LogP contribution in [0.2, 0.25) is 0 Å². The van der Waals surface area contributed by atoms with Gasteiger partial charge in [-0.2, -0.15) is 5.10 Å². The number of rotatable bonds is 6. The van der Waals surface area contributed by atoms with E-state index in [9.17, 15) is 4.79 Å². The summed E-state index contributed by atoms with van der Waals surface area (Å²) in [5.74, 6) is 0. The highest BCUT2D eigenvalue weighted by Crippen LogP contribution is 2.18. The molecule has 134 valence electrons. The van der Waals surface area contributed by atoms with Crippen molar-refractivity contribution in [2.75, 3.05) is 52.9 Å². The Labute approximate surface area is 145 Å². The van der Waals surface area contributed by atoms with E-state index in [-0.39, 0.29) is 5.56 Å². The smallest absolute Gasteiger partial charge is 0.266 e. The summed E-state index contributed by atoms with van der Waals surface area (Å²) in [6, 6.07) is 4.06. The van der Waals surface area contributed by atoms with Gasteiger partial charge < -0.3 is 9.80 Å². The molecule has 3 heterocycles. The molecule has 0 bridgehead atoms. The summed E-state index contributed by atoms with van der Waals surface area (Å²) in [6.07, 6.45) is 7.12. The summed E-state index contributed by atoms with van der Waals surface area (Å²) in [5, 5.41) is 4.13. The summed E-state index contributed by atoms with van der Waals surface area (Å²) in [7, 11) is 2.28. The minimum Gasteiger partial charge on any atom is -0.303 e. The van der Waals surface area contributed by atoms with Crippen LogP contribution in [0.1, 0.15) is 25.7 Å². The Balaban J connectivity index is 1.35. The van der Waals surface area contributed by atoms with Gasteiger partial charge in [0.05, 0.1) is 6.54 Å². The maximum Gasteiger partial charge on any atom is 0.266 e. The summed E-state index contributed by atoms with van der Waals surface area (Å²) in [4.78, 5) is 19.3. The maximum absolute atomic E-state index is 11.7. The number of hydrogen-bond acceptors (Lipinski definition) is 5. The van der Waals surface area contributed by atoms with Gasteiger partial charge in [0.25, 0.3) is 5.56 Å². The van der Waals surface area contributed by atoms with Crippen LogP contribution in [0.4, 0.5) is 0 Å². The van der Waals surface area contributed by atoms with E-state index < -0.39 is 0 Å². The fourth-order valence-electron chi connectivity index (χ4n) is 3.87. The van der Waals surface area contributed by atoms with E-state index in [0.29, 0.717) is 6.54 Å². The van der Waals surface area contributed by atoms with Crippen LogP contribution in [0.3, 0.4) is 0 Å². The van der Waals surface area contributed by atoms with E-state index in [1.807, 2.05) is 0 Å². The molecule has 0 radical (unpaired) electrons. The van der Waals surface area contributed by atoms with Gasteiger partial charge >= 0.3 is 0 Å². The Kier molecular flexibility index (Phi) is 6.40. The van der Waals surface area contributed by atoms with Gasteiger partial charge in [0.1, 0.15) is 0 Å². The second-order valence-corrected chi connectivity index (χ2v) is 7.19. The fourth-order valence-corrected chi connectivity index (χ4v) is 3.87. The first-order valence-electron chi connectivity index (χ1n) is 9.39. The summed E-state index contributed by atoms with van der Waals surface area (Å²) in [6.45, 7) is 8.59. The Morgan fingerprint density at radius 2 is 1.79 bits per heavy atom. The maximum atomic E-state index is 11.7. The molecule has 1 aromatic heterocycles. The zero-order valence-electron chi connectivity index (χ0n) is 14.9. The van der Waals surface area contributed by atoms with Crippen LogP contribution >= 0.6 is 0 Å². The molecular formula is C18H31N5O. The average molecular weight is 333 g/mol. The lowest BCUT2D eigenvalue weighted by Crippen LogP contribution is -2.48. The fraction of sp³-hybridized carbons (Fsp3) is 0.778. The zero-order valence-corrected chi connectivity index (χ0v) is 14.9. The van der Waals surface area contributed by atoms with Crippen molar-refractivity contribution < 1.29 is 0 Å². The molecule has 2 fully saturated rings. The number of hydrogen-bond donors (Lipinski definition) is 0. The SMILES string of the molecule is CN1CCCCC1CCN1CCN(CCn2ncccc2=O)CC1. The zero-order chi connectivity index (χ0) is 16.8. The molecule has 1 atom stereocenters. The van der Waals surface area contributed by atoms with Gasteiger partial charge in [0.2, 0.25) is 0 Å². The number of aromatic nitrogens is 2. The Bertz CT molecular complexity index is 552. The monoisotopic (exact) mass is 333 g/mol. The van der Waals surface area contributed by atoms with Crippen LogP contribution in [0, 0.1) is 0 Å². The van der Waals surface area contributed by atoms with Gasteiger partial charge in [-0.15, -0.1) is 0 Å². The third kappa shape index (κ3) is 4.88. The van der Waals surface area contributed by atoms with Crippen LogP contribution in [0.5, 0.6) is 0 Å². The van der Waals surface area contributed by atoms with Crippen molar-refractivity contribution >= 4 is 0 Å². The van der Waals surface area contributed by atoms with E-state index in [1.54, 1.807) is 23.0 Å². The predicted molar refractivity (Wildman–Crippen MR) is 96.3 cm³/mol. The molecule has 2 aliphatic rings. The largest absolute Gasteiger partial charge is 0.303 e. The summed E-state index contributed by atoms with van der Waals surface area (Å²) < 4.78 is 1.56. The normalized spacial score (nSPS) is 24.3. The molecule has 0 aromatic carbocycles. The predicted octanol–water partition coefficient (Wildman–Crippen LogP) is 0.735. The lowest BCUT2D eigenvalue weighted by molar-refractivity contribution is 0.107. The molecule has 1 unspecified atom stereocenters. The molecule has 24 heavy (non-hydrogen) atoms. The van der Waals surface area contributed by atoms with Crippen molar-refractivity contribution in [1.82, 2.24) is 24.5 Å². The quantitative estimate of drug-likeness (QED) is 0.768. The first-order valence-corrected chi connectivity index (χ1v) is 9.39. The minimum atomic E-state index is -0.00672. The number of piperidine rings is 1. The van der Waals surface area contributed by atoms with Crippen LogP contribution in [0.15, 0.2) is 23.1 Å². The molecule has 6 heteroatoms. The standard InChI is InChI=1S/C18H31N5O/c1-20-9-3-2-5-17(20)7-10-21-11-13-22(14-12-21)15-16-23-18(24)6-4-8-19-23/h4,6,8,17H,2-3,5,7,9-16H2,1H3. The molecule has 3 rings (SSSR count). The summed E-state index contributed by atoms with van der Waals surface area (Å²) in [5.41, 5.74) is -0.00672. The van der Waals surface area contributed by atoms with Crippen molar-refractivity contribution in [2.45, 2.75) is 38.3 Å². The topological polar surface area (TPSA) is 44.6 Å². The third-order valence-electron chi connectivity index (χ3n) is 5.58. The number of likely N-dealkylation sites (tertiary alicyclic amines) is 1. The number of nitrogens with zero attached hydrogens (tertiary/aromatic N) is 5. The average Bonchev–Trinajstić information content (AvgIpc) is 2.61. The van der Waals surface area contributed by atoms with Crippen molar-refractivity contribution in [3.05, 3.63) is 28.7 Å². The molecule has 0 amide bonds.